The van der Waals surface area contributed by atoms with Crippen molar-refractivity contribution >= 4 is 35.1 Å². The van der Waals surface area contributed by atoms with Crippen LogP contribution in [-0.4, -0.2) is 60.6 Å². The third-order valence-corrected chi connectivity index (χ3v) is 7.37. The Kier molecular flexibility index (Phi) is 9.02. The highest BCUT2D eigenvalue weighted by Crippen LogP contribution is 2.31. The molecule has 0 amide bonds. The number of likely N-dealkylation sites (tertiary alicyclic amines) is 1. The van der Waals surface area contributed by atoms with E-state index in [-0.39, 0.29) is 12.3 Å². The monoisotopic (exact) mass is 595 g/mol. The highest BCUT2D eigenvalue weighted by Gasteiger charge is 2.22. The number of rotatable bonds is 10. The normalized spacial score (nSPS) is 14.2. The minimum atomic E-state index is -0.735. The van der Waals surface area contributed by atoms with Crippen LogP contribution in [0, 0.1) is 5.92 Å². The molecule has 1 aliphatic rings. The fraction of sp³-hybridized carbons (Fsp3) is 0.345. The number of pyridine rings is 1. The number of carboxylic acid groups (broad SMARTS) is 1. The quantitative estimate of drug-likeness (QED) is 0.247. The molecule has 1 aliphatic heterocycles. The van der Waals surface area contributed by atoms with Gasteiger partial charge in [0.25, 0.3) is 0 Å². The summed E-state index contributed by atoms with van der Waals surface area (Å²) in [6, 6.07) is 9.22. The predicted octanol–water partition coefficient (Wildman–Crippen LogP) is 5.69. The fourth-order valence-electron chi connectivity index (χ4n) is 4.95. The molecule has 0 bridgehead atoms. The summed E-state index contributed by atoms with van der Waals surface area (Å²) >= 11 is 12.6. The summed E-state index contributed by atoms with van der Waals surface area (Å²) in [6.45, 7) is 2.91. The minimum Gasteiger partial charge on any atom is -0.481 e. The van der Waals surface area contributed by atoms with Gasteiger partial charge in [0.15, 0.2) is 5.75 Å². The maximum atomic E-state index is 11.1. The molecule has 5 rings (SSSR count). The summed E-state index contributed by atoms with van der Waals surface area (Å²) in [7, 11) is 3.83. The lowest BCUT2D eigenvalue weighted by Crippen LogP contribution is -2.33. The molecule has 0 atom stereocenters. The van der Waals surface area contributed by atoms with Crippen LogP contribution in [0.5, 0.6) is 11.6 Å². The van der Waals surface area contributed by atoms with Gasteiger partial charge in [-0.05, 0) is 61.7 Å². The Bertz CT molecular complexity index is 1480. The maximum absolute atomic E-state index is 11.1. The minimum absolute atomic E-state index is 0.218. The topological polar surface area (TPSA) is 110 Å². The molecule has 0 radical (unpaired) electrons. The van der Waals surface area contributed by atoms with Crippen molar-refractivity contribution in [3.63, 3.8) is 0 Å². The number of imidazole rings is 1. The average molecular weight is 597 g/mol. The van der Waals surface area contributed by atoms with Gasteiger partial charge >= 0.3 is 5.97 Å². The van der Waals surface area contributed by atoms with Gasteiger partial charge in [-0.15, -0.1) is 0 Å². The van der Waals surface area contributed by atoms with Crippen molar-refractivity contribution in [2.45, 2.75) is 32.4 Å². The molecule has 4 heterocycles. The first-order valence-electron chi connectivity index (χ1n) is 13.3. The number of aromatic nitrogens is 5. The number of hydrogen-bond acceptors (Lipinski definition) is 8. The van der Waals surface area contributed by atoms with Crippen LogP contribution in [0.3, 0.4) is 0 Å². The van der Waals surface area contributed by atoms with Crippen LogP contribution in [0.4, 0.5) is 5.95 Å². The molecule has 1 saturated heterocycles. The van der Waals surface area contributed by atoms with E-state index < -0.39 is 5.97 Å². The standard InChI is InChI=1S/C29H31Cl2N7O3/c1-36-16-24(34-18-36)17-37(2)29-32-13-25(14-33-29)41-27-8-20(15-38-5-3-19(4-6-38)9-28(39)40)7-26(35-27)21-10-22(30)12-23(31)11-21/h7-8,10-14,16,18-19H,3-6,9,15,17H2,1-2H3,(H,39,40). The second-order valence-corrected chi connectivity index (χ2v) is 11.3. The fourth-order valence-corrected chi connectivity index (χ4v) is 5.47. The van der Waals surface area contributed by atoms with Crippen LogP contribution >= 0.6 is 23.2 Å². The molecular formula is C29H31Cl2N7O3. The van der Waals surface area contributed by atoms with E-state index in [0.29, 0.717) is 46.4 Å². The SMILES string of the molecule is CN(Cc1cn(C)cn1)c1ncc(Oc2cc(CN3CCC(CC(=O)O)CC3)cc(-c3cc(Cl)cc(Cl)c3)n2)cn1. The first kappa shape index (κ1) is 28.8. The average Bonchev–Trinajstić information content (AvgIpc) is 3.33. The molecule has 1 fully saturated rings. The van der Waals surface area contributed by atoms with Gasteiger partial charge in [0.05, 0.1) is 36.7 Å². The van der Waals surface area contributed by atoms with Gasteiger partial charge in [0, 0.05) is 54.9 Å². The number of nitrogens with zero attached hydrogens (tertiary/aromatic N) is 7. The van der Waals surface area contributed by atoms with Crippen LogP contribution < -0.4 is 9.64 Å². The lowest BCUT2D eigenvalue weighted by Gasteiger charge is -2.31. The van der Waals surface area contributed by atoms with Gasteiger partial charge in [-0.3, -0.25) is 9.69 Å². The van der Waals surface area contributed by atoms with Crippen molar-refractivity contribution in [1.82, 2.24) is 29.4 Å². The van der Waals surface area contributed by atoms with E-state index in [0.717, 1.165) is 42.8 Å². The van der Waals surface area contributed by atoms with Gasteiger partial charge in [-0.2, -0.15) is 0 Å². The summed E-state index contributed by atoms with van der Waals surface area (Å²) in [4.78, 5) is 33.4. The number of carbonyl (C=O) groups is 1. The smallest absolute Gasteiger partial charge is 0.303 e. The van der Waals surface area contributed by atoms with E-state index in [1.54, 1.807) is 24.8 Å². The number of hydrogen-bond donors (Lipinski definition) is 1. The van der Waals surface area contributed by atoms with Crippen molar-refractivity contribution in [3.05, 3.63) is 76.6 Å². The molecule has 3 aromatic heterocycles. The number of benzene rings is 1. The van der Waals surface area contributed by atoms with Gasteiger partial charge in [-0.1, -0.05) is 23.2 Å². The predicted molar refractivity (Wildman–Crippen MR) is 157 cm³/mol. The summed E-state index contributed by atoms with van der Waals surface area (Å²) < 4.78 is 8.03. The molecule has 0 unspecified atom stereocenters. The van der Waals surface area contributed by atoms with Gasteiger partial charge in [0.1, 0.15) is 0 Å². The van der Waals surface area contributed by atoms with E-state index in [1.165, 1.54) is 0 Å². The molecule has 214 valence electrons. The second kappa shape index (κ2) is 12.8. The van der Waals surface area contributed by atoms with Gasteiger partial charge in [-0.25, -0.2) is 19.9 Å². The zero-order valence-electron chi connectivity index (χ0n) is 22.9. The molecule has 4 aromatic rings. The van der Waals surface area contributed by atoms with E-state index in [2.05, 4.69) is 19.9 Å². The van der Waals surface area contributed by atoms with E-state index in [4.69, 9.17) is 38.0 Å². The Balaban J connectivity index is 1.34. The zero-order chi connectivity index (χ0) is 28.9. The van der Waals surface area contributed by atoms with Crippen LogP contribution in [0.25, 0.3) is 11.3 Å². The summed E-state index contributed by atoms with van der Waals surface area (Å²) in [5.41, 5.74) is 3.37. The van der Waals surface area contributed by atoms with Gasteiger partial charge < -0.3 is 19.3 Å². The highest BCUT2D eigenvalue weighted by atomic mass is 35.5. The summed E-state index contributed by atoms with van der Waals surface area (Å²) in [6.07, 6.45) is 8.89. The maximum Gasteiger partial charge on any atom is 0.303 e. The van der Waals surface area contributed by atoms with Crippen molar-refractivity contribution in [2.24, 2.45) is 13.0 Å². The molecule has 0 aliphatic carbocycles. The molecule has 1 aromatic carbocycles. The Morgan fingerprint density at radius 2 is 1.78 bits per heavy atom. The molecule has 0 saturated carbocycles. The zero-order valence-corrected chi connectivity index (χ0v) is 24.4. The first-order chi connectivity index (χ1) is 19.7. The summed E-state index contributed by atoms with van der Waals surface area (Å²) in [5.74, 6) is 0.878. The lowest BCUT2D eigenvalue weighted by molar-refractivity contribution is -0.138. The Morgan fingerprint density at radius 1 is 1.07 bits per heavy atom. The lowest BCUT2D eigenvalue weighted by atomic mass is 9.93. The van der Waals surface area contributed by atoms with Gasteiger partial charge in [0.2, 0.25) is 11.8 Å². The first-order valence-corrected chi connectivity index (χ1v) is 14.1. The van der Waals surface area contributed by atoms with Crippen LogP contribution in [0.15, 0.2) is 55.2 Å². The van der Waals surface area contributed by atoms with Crippen molar-refractivity contribution in [2.75, 3.05) is 25.0 Å². The van der Waals surface area contributed by atoms with Crippen LogP contribution in [0.2, 0.25) is 10.0 Å². The molecular weight excluding hydrogens is 565 g/mol. The van der Waals surface area contributed by atoms with E-state index in [9.17, 15) is 4.79 Å². The molecule has 0 spiro atoms. The third kappa shape index (κ3) is 7.93. The van der Waals surface area contributed by atoms with Crippen LogP contribution in [-0.2, 0) is 24.9 Å². The number of ether oxygens (including phenoxy) is 1. The Hall–Kier alpha value is -3.73. The number of anilines is 1. The number of aryl methyl sites for hydroxylation is 1. The van der Waals surface area contributed by atoms with Crippen molar-refractivity contribution in [1.29, 1.82) is 0 Å². The largest absolute Gasteiger partial charge is 0.481 e. The van der Waals surface area contributed by atoms with E-state index in [1.807, 2.05) is 54.0 Å². The highest BCUT2D eigenvalue weighted by molar-refractivity contribution is 6.35. The molecule has 12 heteroatoms. The van der Waals surface area contributed by atoms with Crippen LogP contribution in [0.1, 0.15) is 30.5 Å². The Morgan fingerprint density at radius 3 is 2.41 bits per heavy atom. The number of piperidine rings is 1. The number of carboxylic acids is 1. The van der Waals surface area contributed by atoms with Crippen molar-refractivity contribution in [3.8, 4) is 22.9 Å². The van der Waals surface area contributed by atoms with E-state index >= 15 is 0 Å². The molecule has 10 nitrogen and oxygen atoms in total. The Labute approximate surface area is 248 Å². The molecule has 41 heavy (non-hydrogen) atoms. The van der Waals surface area contributed by atoms with Crippen molar-refractivity contribution < 1.29 is 14.6 Å². The molecule has 1 N–H and O–H groups in total. The number of aliphatic carboxylic acids is 1. The third-order valence-electron chi connectivity index (χ3n) is 6.93. The second-order valence-electron chi connectivity index (χ2n) is 10.4. The number of halogens is 2. The summed E-state index contributed by atoms with van der Waals surface area (Å²) in [5, 5.41) is 10.2.